The first-order valence-corrected chi connectivity index (χ1v) is 13.2. The van der Waals surface area contributed by atoms with Crippen molar-refractivity contribution in [1.82, 2.24) is 5.32 Å². The molecular formula is C31H28ClF3N4O4. The SMILES string of the molecule is C=C(/N=C\C=C(/N)c1cccc(Cl)c1)N(C(=O)CCC(=O)NC(Cc1ccccc1)C(=O)O)c1ccc(C(F)(F)F)cc1. The zero-order chi connectivity index (χ0) is 31.6. The highest BCUT2D eigenvalue weighted by atomic mass is 35.5. The van der Waals surface area contributed by atoms with E-state index in [9.17, 15) is 32.7 Å². The molecule has 1 unspecified atom stereocenters. The molecule has 0 saturated carbocycles. The van der Waals surface area contributed by atoms with Crippen LogP contribution in [-0.4, -0.2) is 35.1 Å². The van der Waals surface area contributed by atoms with Crippen molar-refractivity contribution >= 4 is 47.0 Å². The normalized spacial score (nSPS) is 12.5. The van der Waals surface area contributed by atoms with E-state index < -0.39 is 48.4 Å². The van der Waals surface area contributed by atoms with E-state index in [1.165, 1.54) is 12.3 Å². The first-order chi connectivity index (χ1) is 20.3. The predicted molar refractivity (Wildman–Crippen MR) is 159 cm³/mol. The number of carbonyl (C=O) groups excluding carboxylic acids is 2. The molecule has 2 amide bonds. The van der Waals surface area contributed by atoms with E-state index >= 15 is 0 Å². The van der Waals surface area contributed by atoms with Crippen LogP contribution in [0.4, 0.5) is 18.9 Å². The third kappa shape index (κ3) is 9.86. The highest BCUT2D eigenvalue weighted by molar-refractivity contribution is 6.30. The fraction of sp³-hybridized carbons (Fsp3) is 0.161. The van der Waals surface area contributed by atoms with Gasteiger partial charge in [0.15, 0.2) is 0 Å². The Morgan fingerprint density at radius 1 is 1.02 bits per heavy atom. The maximum absolute atomic E-state index is 13.3. The molecule has 0 aliphatic heterocycles. The fourth-order valence-electron chi connectivity index (χ4n) is 3.91. The van der Waals surface area contributed by atoms with Crippen molar-refractivity contribution in [2.24, 2.45) is 10.7 Å². The number of aliphatic carboxylic acids is 1. The molecule has 3 aromatic carbocycles. The van der Waals surface area contributed by atoms with Crippen molar-refractivity contribution in [1.29, 1.82) is 0 Å². The van der Waals surface area contributed by atoms with Gasteiger partial charge in [-0.2, -0.15) is 13.2 Å². The van der Waals surface area contributed by atoms with Gasteiger partial charge in [0, 0.05) is 36.2 Å². The molecule has 0 fully saturated rings. The maximum Gasteiger partial charge on any atom is 0.416 e. The van der Waals surface area contributed by atoms with Crippen LogP contribution in [0, 0.1) is 0 Å². The second-order valence-corrected chi connectivity index (χ2v) is 9.69. The number of anilines is 1. The lowest BCUT2D eigenvalue weighted by atomic mass is 10.1. The van der Waals surface area contributed by atoms with Gasteiger partial charge in [0.25, 0.3) is 0 Å². The molecule has 0 aliphatic rings. The van der Waals surface area contributed by atoms with Gasteiger partial charge in [-0.1, -0.05) is 60.6 Å². The summed E-state index contributed by atoms with van der Waals surface area (Å²) in [5.41, 5.74) is 6.76. The number of hydrogen-bond donors (Lipinski definition) is 3. The van der Waals surface area contributed by atoms with Crippen LogP contribution in [0.3, 0.4) is 0 Å². The topological polar surface area (TPSA) is 125 Å². The molecule has 224 valence electrons. The minimum Gasteiger partial charge on any atom is -0.480 e. The Labute approximate surface area is 251 Å². The number of carbonyl (C=O) groups is 3. The average molecular weight is 613 g/mol. The number of allylic oxidation sites excluding steroid dienone is 1. The van der Waals surface area contributed by atoms with Crippen LogP contribution in [0.1, 0.15) is 29.5 Å². The van der Waals surface area contributed by atoms with Gasteiger partial charge in [-0.25, -0.2) is 9.79 Å². The average Bonchev–Trinajstić information content (AvgIpc) is 2.96. The number of rotatable bonds is 12. The van der Waals surface area contributed by atoms with E-state index in [2.05, 4.69) is 16.9 Å². The Bertz CT molecular complexity index is 1520. The van der Waals surface area contributed by atoms with Gasteiger partial charge < -0.3 is 16.2 Å². The van der Waals surface area contributed by atoms with Gasteiger partial charge in [-0.15, -0.1) is 0 Å². The molecule has 0 bridgehead atoms. The van der Waals surface area contributed by atoms with Crippen LogP contribution in [0.25, 0.3) is 5.70 Å². The van der Waals surface area contributed by atoms with Gasteiger partial charge in [0.2, 0.25) is 11.8 Å². The van der Waals surface area contributed by atoms with Crippen LogP contribution < -0.4 is 16.0 Å². The summed E-state index contributed by atoms with van der Waals surface area (Å²) in [4.78, 5) is 42.6. The lowest BCUT2D eigenvalue weighted by Gasteiger charge is -2.23. The van der Waals surface area contributed by atoms with E-state index in [1.54, 1.807) is 54.6 Å². The fourth-order valence-corrected chi connectivity index (χ4v) is 4.10. The molecule has 0 saturated heterocycles. The van der Waals surface area contributed by atoms with Crippen molar-refractivity contribution in [3.63, 3.8) is 0 Å². The van der Waals surface area contributed by atoms with Crippen LogP contribution in [0.5, 0.6) is 0 Å². The van der Waals surface area contributed by atoms with E-state index in [4.69, 9.17) is 17.3 Å². The Morgan fingerprint density at radius 2 is 1.70 bits per heavy atom. The number of carboxylic acids is 1. The van der Waals surface area contributed by atoms with Gasteiger partial charge in [0.1, 0.15) is 11.9 Å². The number of alkyl halides is 3. The van der Waals surface area contributed by atoms with Gasteiger partial charge in [-0.3, -0.25) is 14.5 Å². The summed E-state index contributed by atoms with van der Waals surface area (Å²) in [5, 5.41) is 12.4. The molecule has 0 aromatic heterocycles. The van der Waals surface area contributed by atoms with E-state index in [0.29, 0.717) is 21.8 Å². The number of nitrogens with one attached hydrogen (secondary N) is 1. The first kappa shape index (κ1) is 32.6. The summed E-state index contributed by atoms with van der Waals surface area (Å²) in [6.45, 7) is 3.77. The second kappa shape index (κ2) is 14.8. The zero-order valence-corrected chi connectivity index (χ0v) is 23.5. The summed E-state index contributed by atoms with van der Waals surface area (Å²) in [5.74, 6) is -2.82. The Hall–Kier alpha value is -4.90. The smallest absolute Gasteiger partial charge is 0.416 e. The number of halogens is 4. The lowest BCUT2D eigenvalue weighted by molar-refractivity contribution is -0.141. The van der Waals surface area contributed by atoms with Crippen LogP contribution >= 0.6 is 11.6 Å². The highest BCUT2D eigenvalue weighted by Crippen LogP contribution is 2.31. The molecule has 3 aromatic rings. The summed E-state index contributed by atoms with van der Waals surface area (Å²) < 4.78 is 39.4. The van der Waals surface area contributed by atoms with E-state index in [0.717, 1.165) is 29.2 Å². The standard InChI is InChI=1S/C31H28ClF3N4O4/c1-20(37-17-16-26(36)22-8-5-9-24(32)19-22)39(25-12-10-23(11-13-25)31(33,34)35)29(41)15-14-28(40)38-27(30(42)43)18-21-6-3-2-4-7-21/h2-13,16-17,19,27H,1,14-15,18,36H2,(H,38,40)(H,42,43)/b26-16-,37-17-. The Kier molecular flexibility index (Phi) is 11.2. The number of aliphatic imine (C=N–C) groups is 1. The molecule has 0 spiro atoms. The summed E-state index contributed by atoms with van der Waals surface area (Å²) in [7, 11) is 0. The van der Waals surface area contributed by atoms with Gasteiger partial charge in [-0.05, 0) is 53.6 Å². The number of carboxylic acid groups (broad SMARTS) is 1. The predicted octanol–water partition coefficient (Wildman–Crippen LogP) is 5.83. The van der Waals surface area contributed by atoms with Crippen LogP contribution in [0.2, 0.25) is 5.02 Å². The Balaban J connectivity index is 1.76. The molecule has 43 heavy (non-hydrogen) atoms. The maximum atomic E-state index is 13.3. The number of amides is 2. The quantitative estimate of drug-likeness (QED) is 0.222. The molecule has 0 aliphatic carbocycles. The Morgan fingerprint density at radius 3 is 2.30 bits per heavy atom. The van der Waals surface area contributed by atoms with Crippen LogP contribution in [0.15, 0.2) is 102 Å². The van der Waals surface area contributed by atoms with Crippen molar-refractivity contribution in [3.05, 3.63) is 119 Å². The minimum absolute atomic E-state index is 0.0276. The zero-order valence-electron chi connectivity index (χ0n) is 22.7. The monoisotopic (exact) mass is 612 g/mol. The molecule has 3 rings (SSSR count). The molecular weight excluding hydrogens is 585 g/mol. The molecule has 4 N–H and O–H groups in total. The second-order valence-electron chi connectivity index (χ2n) is 9.25. The van der Waals surface area contributed by atoms with Crippen molar-refractivity contribution in [3.8, 4) is 0 Å². The number of hydrogen-bond acceptors (Lipinski definition) is 5. The molecule has 0 radical (unpaired) electrons. The largest absolute Gasteiger partial charge is 0.480 e. The molecule has 12 heteroatoms. The summed E-state index contributed by atoms with van der Waals surface area (Å²) in [6.07, 6.45) is -2.68. The van der Waals surface area contributed by atoms with Crippen molar-refractivity contribution in [2.75, 3.05) is 4.90 Å². The molecule has 8 nitrogen and oxygen atoms in total. The van der Waals surface area contributed by atoms with Crippen LogP contribution in [-0.2, 0) is 27.0 Å². The number of nitrogens with two attached hydrogens (primary N) is 1. The third-order valence-corrected chi connectivity index (χ3v) is 6.31. The molecule has 1 atom stereocenters. The van der Waals surface area contributed by atoms with E-state index in [1.807, 2.05) is 0 Å². The van der Waals surface area contributed by atoms with E-state index in [-0.39, 0.29) is 17.9 Å². The summed E-state index contributed by atoms with van der Waals surface area (Å²) >= 11 is 5.99. The number of benzene rings is 3. The van der Waals surface area contributed by atoms with Crippen molar-refractivity contribution in [2.45, 2.75) is 31.5 Å². The molecule has 0 heterocycles. The van der Waals surface area contributed by atoms with Crippen molar-refractivity contribution < 1.29 is 32.7 Å². The third-order valence-electron chi connectivity index (χ3n) is 6.08. The van der Waals surface area contributed by atoms with Gasteiger partial charge >= 0.3 is 12.1 Å². The lowest BCUT2D eigenvalue weighted by Crippen LogP contribution is -2.42. The number of nitrogens with zero attached hydrogens (tertiary/aromatic N) is 2. The minimum atomic E-state index is -4.59. The first-order valence-electron chi connectivity index (χ1n) is 12.9. The summed E-state index contributed by atoms with van der Waals surface area (Å²) in [6, 6.07) is 18.0. The van der Waals surface area contributed by atoms with Gasteiger partial charge in [0.05, 0.1) is 11.3 Å². The highest BCUT2D eigenvalue weighted by Gasteiger charge is 2.31.